The average Bonchev–Trinajstić information content (AvgIpc) is 3.29. The van der Waals surface area contributed by atoms with Gasteiger partial charge in [0, 0.05) is 24.7 Å². The quantitative estimate of drug-likeness (QED) is 0.338. The fraction of sp³-hybridized carbons (Fsp3) is 0.226. The standard InChI is InChI=1S/C31H30ClN5O2/c1-3-37-31(38)29-30(33-20-25(35-37)18-23-12-8-5-9-13-23)34-28(17-15-22-10-6-4-7-11-22)36(29)21-24-14-16-27(39-2)26(32)19-24/h4-14,16,19,25,33,35H,3,18,20-21H2,1-2H3/t25-/m1/s1. The molecule has 2 heterocycles. The van der Waals surface area contributed by atoms with Crippen LogP contribution in [0.1, 0.15) is 39.9 Å². The third-order valence-electron chi connectivity index (χ3n) is 6.56. The lowest BCUT2D eigenvalue weighted by molar-refractivity contribution is 0.0621. The second kappa shape index (κ2) is 12.1. The second-order valence-corrected chi connectivity index (χ2v) is 9.66. The van der Waals surface area contributed by atoms with Gasteiger partial charge in [0.2, 0.25) is 0 Å². The summed E-state index contributed by atoms with van der Waals surface area (Å²) in [5, 5.41) is 5.60. The number of rotatable bonds is 6. The highest BCUT2D eigenvalue weighted by Gasteiger charge is 2.30. The fourth-order valence-electron chi connectivity index (χ4n) is 4.61. The summed E-state index contributed by atoms with van der Waals surface area (Å²) in [6.07, 6.45) is 0.763. The van der Waals surface area contributed by atoms with Crippen LogP contribution in [0.15, 0.2) is 78.9 Å². The van der Waals surface area contributed by atoms with Crippen molar-refractivity contribution < 1.29 is 9.53 Å². The van der Waals surface area contributed by atoms with Gasteiger partial charge in [-0.2, -0.15) is 0 Å². The number of imidazole rings is 1. The highest BCUT2D eigenvalue weighted by atomic mass is 35.5. The molecular formula is C31H30ClN5O2. The van der Waals surface area contributed by atoms with E-state index < -0.39 is 0 Å². The first-order valence-electron chi connectivity index (χ1n) is 12.9. The number of anilines is 1. The summed E-state index contributed by atoms with van der Waals surface area (Å²) in [6.45, 7) is 3.40. The Morgan fingerprint density at radius 1 is 1.03 bits per heavy atom. The molecule has 39 heavy (non-hydrogen) atoms. The van der Waals surface area contributed by atoms with E-state index in [0.717, 1.165) is 17.5 Å². The van der Waals surface area contributed by atoms with E-state index in [-0.39, 0.29) is 11.9 Å². The van der Waals surface area contributed by atoms with Crippen LogP contribution in [0.2, 0.25) is 5.02 Å². The van der Waals surface area contributed by atoms with Crippen molar-refractivity contribution in [2.24, 2.45) is 0 Å². The van der Waals surface area contributed by atoms with E-state index >= 15 is 0 Å². The van der Waals surface area contributed by atoms with Crippen molar-refractivity contribution in [1.29, 1.82) is 0 Å². The third kappa shape index (κ3) is 6.09. The maximum absolute atomic E-state index is 14.0. The molecule has 5 rings (SSSR count). The number of fused-ring (bicyclic) bond motifs is 1. The number of aromatic nitrogens is 2. The molecule has 0 saturated carbocycles. The molecule has 1 atom stereocenters. The van der Waals surface area contributed by atoms with Gasteiger partial charge in [-0.15, -0.1) is 0 Å². The molecule has 1 aliphatic heterocycles. The van der Waals surface area contributed by atoms with Gasteiger partial charge in [0.05, 0.1) is 18.7 Å². The second-order valence-electron chi connectivity index (χ2n) is 9.25. The number of hydrazine groups is 1. The molecule has 0 radical (unpaired) electrons. The van der Waals surface area contributed by atoms with Crippen molar-refractivity contribution in [2.45, 2.75) is 25.9 Å². The van der Waals surface area contributed by atoms with Gasteiger partial charge in [0.25, 0.3) is 5.91 Å². The average molecular weight is 540 g/mol. The van der Waals surface area contributed by atoms with Crippen LogP contribution in [0.5, 0.6) is 5.75 Å². The molecule has 4 aromatic rings. The zero-order valence-corrected chi connectivity index (χ0v) is 22.7. The number of hydrogen-bond acceptors (Lipinski definition) is 5. The molecule has 0 saturated heterocycles. The number of methoxy groups -OCH3 is 1. The molecule has 0 fully saturated rings. The predicted molar refractivity (Wildman–Crippen MR) is 154 cm³/mol. The molecule has 1 amide bonds. The summed E-state index contributed by atoms with van der Waals surface area (Å²) >= 11 is 6.42. The van der Waals surface area contributed by atoms with Crippen molar-refractivity contribution in [3.63, 3.8) is 0 Å². The van der Waals surface area contributed by atoms with E-state index in [2.05, 4.69) is 34.7 Å². The van der Waals surface area contributed by atoms with Crippen LogP contribution in [0.25, 0.3) is 0 Å². The predicted octanol–water partition coefficient (Wildman–Crippen LogP) is 5.00. The van der Waals surface area contributed by atoms with Crippen molar-refractivity contribution in [2.75, 3.05) is 25.5 Å². The Bertz CT molecular complexity index is 1510. The Kier molecular flexibility index (Phi) is 8.16. The zero-order chi connectivity index (χ0) is 27.2. The minimum Gasteiger partial charge on any atom is -0.495 e. The number of benzene rings is 3. The molecule has 7 nitrogen and oxygen atoms in total. The molecule has 1 aliphatic rings. The third-order valence-corrected chi connectivity index (χ3v) is 6.86. The molecule has 0 bridgehead atoms. The molecule has 0 spiro atoms. The van der Waals surface area contributed by atoms with E-state index in [0.29, 0.717) is 47.7 Å². The molecule has 0 aliphatic carbocycles. The SMILES string of the molecule is CCN1N[C@H](Cc2ccccc2)CNc2nc(C#Cc3ccccc3)n(Cc3ccc(OC)c(Cl)c3)c2C1=O. The van der Waals surface area contributed by atoms with Gasteiger partial charge in [-0.1, -0.05) is 72.1 Å². The van der Waals surface area contributed by atoms with Gasteiger partial charge in [-0.25, -0.2) is 10.4 Å². The van der Waals surface area contributed by atoms with Crippen LogP contribution < -0.4 is 15.5 Å². The van der Waals surface area contributed by atoms with Gasteiger partial charge < -0.3 is 14.6 Å². The Hall–Kier alpha value is -4.25. The van der Waals surface area contributed by atoms with E-state index in [1.807, 2.05) is 78.2 Å². The first kappa shape index (κ1) is 26.4. The Balaban J connectivity index is 1.55. The Labute approximate surface area is 233 Å². The fourth-order valence-corrected chi connectivity index (χ4v) is 4.89. The summed E-state index contributed by atoms with van der Waals surface area (Å²) in [4.78, 5) is 18.8. The number of amides is 1. The van der Waals surface area contributed by atoms with E-state index in [1.165, 1.54) is 5.56 Å². The smallest absolute Gasteiger partial charge is 0.288 e. The number of nitrogens with zero attached hydrogens (tertiary/aromatic N) is 3. The van der Waals surface area contributed by atoms with Gasteiger partial charge in [0.1, 0.15) is 5.75 Å². The number of halogens is 1. The molecule has 3 aromatic carbocycles. The topological polar surface area (TPSA) is 71.4 Å². The van der Waals surface area contributed by atoms with Gasteiger partial charge in [-0.05, 0) is 54.7 Å². The van der Waals surface area contributed by atoms with Crippen LogP contribution in [-0.4, -0.2) is 46.7 Å². The summed E-state index contributed by atoms with van der Waals surface area (Å²) in [5.41, 5.74) is 6.84. The summed E-state index contributed by atoms with van der Waals surface area (Å²) in [6, 6.07) is 25.5. The Morgan fingerprint density at radius 3 is 2.46 bits per heavy atom. The molecule has 2 N–H and O–H groups in total. The molecule has 8 heteroatoms. The van der Waals surface area contributed by atoms with Crippen molar-refractivity contribution in [3.8, 4) is 17.6 Å². The van der Waals surface area contributed by atoms with Crippen LogP contribution in [-0.2, 0) is 13.0 Å². The lowest BCUT2D eigenvalue weighted by Gasteiger charge is -2.31. The van der Waals surface area contributed by atoms with Crippen LogP contribution in [0.3, 0.4) is 0 Å². The van der Waals surface area contributed by atoms with E-state index in [4.69, 9.17) is 21.3 Å². The maximum atomic E-state index is 14.0. The highest BCUT2D eigenvalue weighted by molar-refractivity contribution is 6.32. The van der Waals surface area contributed by atoms with Crippen LogP contribution in [0.4, 0.5) is 5.82 Å². The molecule has 198 valence electrons. The van der Waals surface area contributed by atoms with Crippen LogP contribution in [0, 0.1) is 11.8 Å². The van der Waals surface area contributed by atoms with Crippen molar-refractivity contribution in [3.05, 3.63) is 112 Å². The maximum Gasteiger partial charge on any atom is 0.288 e. The minimum atomic E-state index is -0.169. The lowest BCUT2D eigenvalue weighted by atomic mass is 10.1. The van der Waals surface area contributed by atoms with Gasteiger partial charge in [0.15, 0.2) is 17.3 Å². The van der Waals surface area contributed by atoms with E-state index in [1.54, 1.807) is 12.1 Å². The van der Waals surface area contributed by atoms with Gasteiger partial charge in [-0.3, -0.25) is 9.80 Å². The highest BCUT2D eigenvalue weighted by Crippen LogP contribution is 2.27. The normalized spacial score (nSPS) is 14.9. The zero-order valence-electron chi connectivity index (χ0n) is 21.9. The largest absolute Gasteiger partial charge is 0.495 e. The summed E-state index contributed by atoms with van der Waals surface area (Å²) in [7, 11) is 1.58. The summed E-state index contributed by atoms with van der Waals surface area (Å²) in [5.74, 6) is 7.83. The number of carbonyl (C=O) groups is 1. The lowest BCUT2D eigenvalue weighted by Crippen LogP contribution is -2.53. The minimum absolute atomic E-state index is 0.00570. The van der Waals surface area contributed by atoms with Gasteiger partial charge >= 0.3 is 0 Å². The molecule has 0 unspecified atom stereocenters. The van der Waals surface area contributed by atoms with E-state index in [9.17, 15) is 4.79 Å². The number of nitrogens with one attached hydrogen (secondary N) is 2. The molecule has 1 aromatic heterocycles. The number of carbonyl (C=O) groups excluding carboxylic acids is 1. The van der Waals surface area contributed by atoms with Crippen molar-refractivity contribution in [1.82, 2.24) is 20.0 Å². The first-order valence-corrected chi connectivity index (χ1v) is 13.3. The van der Waals surface area contributed by atoms with Crippen molar-refractivity contribution >= 4 is 23.3 Å². The molecular weight excluding hydrogens is 510 g/mol. The Morgan fingerprint density at radius 2 is 1.77 bits per heavy atom. The monoisotopic (exact) mass is 539 g/mol. The summed E-state index contributed by atoms with van der Waals surface area (Å²) < 4.78 is 7.17. The number of ether oxygens (including phenoxy) is 1. The van der Waals surface area contributed by atoms with Crippen LogP contribution >= 0.6 is 11.6 Å². The number of hydrogen-bond donors (Lipinski definition) is 2. The first-order chi connectivity index (χ1) is 19.1.